The fourth-order valence-corrected chi connectivity index (χ4v) is 3.49. The first-order chi connectivity index (χ1) is 12.1. The molecule has 1 fully saturated rings. The van der Waals surface area contributed by atoms with Crippen LogP contribution in [0.2, 0.25) is 0 Å². The van der Waals surface area contributed by atoms with E-state index in [1.54, 1.807) is 0 Å². The van der Waals surface area contributed by atoms with Crippen molar-refractivity contribution in [3.8, 4) is 0 Å². The highest BCUT2D eigenvalue weighted by molar-refractivity contribution is 5.60. The van der Waals surface area contributed by atoms with E-state index < -0.39 is 0 Å². The van der Waals surface area contributed by atoms with Crippen molar-refractivity contribution in [1.29, 1.82) is 0 Å². The topological polar surface area (TPSA) is 33.8 Å². The SMILES string of the molecule is CC/C=C(/C=C/N(C)C)C1=CNC2NC=CC(N3CCN(C)CC3)=C12. The minimum absolute atomic E-state index is 0.169. The lowest BCUT2D eigenvalue weighted by molar-refractivity contribution is 0.188. The van der Waals surface area contributed by atoms with Crippen LogP contribution < -0.4 is 10.6 Å². The number of nitrogens with zero attached hydrogens (tertiary/aromatic N) is 3. The van der Waals surface area contributed by atoms with Crippen LogP contribution >= 0.6 is 0 Å². The number of allylic oxidation sites excluding steroid dienone is 4. The maximum absolute atomic E-state index is 3.51. The first-order valence-corrected chi connectivity index (χ1v) is 9.22. The second-order valence-corrected chi connectivity index (χ2v) is 7.09. The molecule has 25 heavy (non-hydrogen) atoms. The van der Waals surface area contributed by atoms with Crippen molar-refractivity contribution >= 4 is 0 Å². The maximum Gasteiger partial charge on any atom is 0.125 e. The van der Waals surface area contributed by atoms with Gasteiger partial charge in [-0.15, -0.1) is 0 Å². The smallest absolute Gasteiger partial charge is 0.125 e. The van der Waals surface area contributed by atoms with E-state index in [0.717, 1.165) is 32.6 Å². The van der Waals surface area contributed by atoms with E-state index >= 15 is 0 Å². The van der Waals surface area contributed by atoms with E-state index in [0.29, 0.717) is 0 Å². The average Bonchev–Trinajstić information content (AvgIpc) is 3.03. The van der Waals surface area contributed by atoms with Crippen molar-refractivity contribution in [3.05, 3.63) is 59.2 Å². The molecular formula is C20H31N5. The van der Waals surface area contributed by atoms with Crippen molar-refractivity contribution in [2.24, 2.45) is 0 Å². The van der Waals surface area contributed by atoms with Crippen LogP contribution in [0.5, 0.6) is 0 Å². The first kappa shape index (κ1) is 17.7. The molecule has 1 unspecified atom stereocenters. The Morgan fingerprint density at radius 1 is 1.24 bits per heavy atom. The Balaban J connectivity index is 1.94. The molecule has 0 saturated carbocycles. The molecule has 3 heterocycles. The van der Waals surface area contributed by atoms with Crippen molar-refractivity contribution < 1.29 is 0 Å². The van der Waals surface area contributed by atoms with Gasteiger partial charge < -0.3 is 25.3 Å². The highest BCUT2D eigenvalue weighted by Crippen LogP contribution is 2.33. The average molecular weight is 342 g/mol. The summed E-state index contributed by atoms with van der Waals surface area (Å²) in [5, 5.41) is 6.96. The van der Waals surface area contributed by atoms with Gasteiger partial charge in [-0.25, -0.2) is 0 Å². The molecule has 1 saturated heterocycles. The van der Waals surface area contributed by atoms with Crippen LogP contribution in [0.3, 0.4) is 0 Å². The molecule has 3 aliphatic rings. The molecule has 5 nitrogen and oxygen atoms in total. The second kappa shape index (κ2) is 7.83. The maximum atomic E-state index is 3.51. The Kier molecular flexibility index (Phi) is 5.53. The first-order valence-electron chi connectivity index (χ1n) is 9.22. The van der Waals surface area contributed by atoms with Crippen molar-refractivity contribution in [2.75, 3.05) is 47.3 Å². The summed E-state index contributed by atoms with van der Waals surface area (Å²) in [5.74, 6) is 0. The Hall–Kier alpha value is -2.14. The molecule has 2 N–H and O–H groups in total. The number of dihydropyridines is 1. The number of hydrogen-bond acceptors (Lipinski definition) is 5. The van der Waals surface area contributed by atoms with Gasteiger partial charge in [-0.1, -0.05) is 13.0 Å². The Morgan fingerprint density at radius 2 is 2.00 bits per heavy atom. The quantitative estimate of drug-likeness (QED) is 0.746. The molecule has 5 heteroatoms. The lowest BCUT2D eigenvalue weighted by Gasteiger charge is -2.37. The van der Waals surface area contributed by atoms with Gasteiger partial charge in [-0.3, -0.25) is 0 Å². The van der Waals surface area contributed by atoms with E-state index in [2.05, 4.69) is 90.2 Å². The minimum Gasteiger partial charge on any atom is -0.383 e. The van der Waals surface area contributed by atoms with Crippen LogP contribution in [-0.4, -0.2) is 68.2 Å². The third-order valence-corrected chi connectivity index (χ3v) is 4.88. The van der Waals surface area contributed by atoms with Gasteiger partial charge in [0.05, 0.1) is 0 Å². The molecule has 0 aromatic heterocycles. The van der Waals surface area contributed by atoms with Crippen LogP contribution in [0, 0.1) is 0 Å². The largest absolute Gasteiger partial charge is 0.383 e. The highest BCUT2D eigenvalue weighted by Gasteiger charge is 2.31. The predicted octanol–water partition coefficient (Wildman–Crippen LogP) is 1.83. The minimum atomic E-state index is 0.169. The summed E-state index contributed by atoms with van der Waals surface area (Å²) in [4.78, 5) is 7.01. The van der Waals surface area contributed by atoms with Crippen molar-refractivity contribution in [1.82, 2.24) is 25.3 Å². The van der Waals surface area contributed by atoms with E-state index in [9.17, 15) is 0 Å². The number of fused-ring (bicyclic) bond motifs is 1. The zero-order chi connectivity index (χ0) is 17.8. The Morgan fingerprint density at radius 3 is 2.68 bits per heavy atom. The summed E-state index contributed by atoms with van der Waals surface area (Å²) in [7, 11) is 6.32. The summed E-state index contributed by atoms with van der Waals surface area (Å²) in [6.45, 7) is 6.60. The van der Waals surface area contributed by atoms with Crippen LogP contribution in [0.15, 0.2) is 59.2 Å². The molecule has 0 aromatic carbocycles. The molecule has 0 bridgehead atoms. The second-order valence-electron chi connectivity index (χ2n) is 7.09. The van der Waals surface area contributed by atoms with Crippen LogP contribution in [0.1, 0.15) is 13.3 Å². The zero-order valence-corrected chi connectivity index (χ0v) is 15.9. The van der Waals surface area contributed by atoms with E-state index in [4.69, 9.17) is 0 Å². The van der Waals surface area contributed by atoms with Gasteiger partial charge in [0.25, 0.3) is 0 Å². The van der Waals surface area contributed by atoms with Crippen LogP contribution in [0.4, 0.5) is 0 Å². The fraction of sp³-hybridized carbons (Fsp3) is 0.500. The number of nitrogens with one attached hydrogen (secondary N) is 2. The highest BCUT2D eigenvalue weighted by atomic mass is 15.3. The van der Waals surface area contributed by atoms with Crippen LogP contribution in [-0.2, 0) is 0 Å². The summed E-state index contributed by atoms with van der Waals surface area (Å²) in [6, 6.07) is 0. The summed E-state index contributed by atoms with van der Waals surface area (Å²) < 4.78 is 0. The lowest BCUT2D eigenvalue weighted by atomic mass is 9.94. The number of likely N-dealkylation sites (N-methyl/N-ethyl adjacent to an activating group) is 1. The summed E-state index contributed by atoms with van der Waals surface area (Å²) in [6.07, 6.45) is 14.3. The standard InChI is InChI=1S/C20H31N5/c1-5-6-16(8-10-23(2)3)17-15-22-20-19(17)18(7-9-21-20)25-13-11-24(4)12-14-25/h6-10,15,20-22H,5,11-14H2,1-4H3/b10-8+,16-6-. The number of hydrogen-bond donors (Lipinski definition) is 2. The fourth-order valence-electron chi connectivity index (χ4n) is 3.49. The molecule has 0 aromatic rings. The summed E-state index contributed by atoms with van der Waals surface area (Å²) in [5.41, 5.74) is 5.31. The van der Waals surface area contributed by atoms with Gasteiger partial charge in [0.1, 0.15) is 6.17 Å². The van der Waals surface area contributed by atoms with Gasteiger partial charge in [0, 0.05) is 69.5 Å². The molecule has 0 spiro atoms. The molecule has 1 atom stereocenters. The molecule has 136 valence electrons. The number of rotatable bonds is 5. The summed E-state index contributed by atoms with van der Waals surface area (Å²) >= 11 is 0. The molecule has 0 radical (unpaired) electrons. The monoisotopic (exact) mass is 341 g/mol. The van der Waals surface area contributed by atoms with Gasteiger partial charge in [0.2, 0.25) is 0 Å². The molecule has 0 amide bonds. The molecule has 0 aliphatic carbocycles. The van der Waals surface area contributed by atoms with Crippen molar-refractivity contribution in [2.45, 2.75) is 19.5 Å². The third-order valence-electron chi connectivity index (χ3n) is 4.88. The van der Waals surface area contributed by atoms with Gasteiger partial charge in [-0.2, -0.15) is 0 Å². The molecule has 3 aliphatic heterocycles. The molecule has 3 rings (SSSR count). The van der Waals surface area contributed by atoms with Gasteiger partial charge in [0.15, 0.2) is 0 Å². The van der Waals surface area contributed by atoms with Crippen LogP contribution in [0.25, 0.3) is 0 Å². The lowest BCUT2D eigenvalue weighted by Crippen LogP contribution is -2.46. The van der Waals surface area contributed by atoms with E-state index in [1.807, 2.05) is 0 Å². The van der Waals surface area contributed by atoms with Gasteiger partial charge >= 0.3 is 0 Å². The Labute approximate surface area is 152 Å². The van der Waals surface area contributed by atoms with Crippen molar-refractivity contribution in [3.63, 3.8) is 0 Å². The number of piperazine rings is 1. The van der Waals surface area contributed by atoms with E-state index in [1.165, 1.54) is 22.4 Å². The Bertz CT molecular complexity index is 630. The third kappa shape index (κ3) is 3.93. The van der Waals surface area contributed by atoms with E-state index in [-0.39, 0.29) is 6.17 Å². The predicted molar refractivity (Wildman–Crippen MR) is 105 cm³/mol. The molecular weight excluding hydrogens is 310 g/mol. The normalized spacial score (nSPS) is 24.3. The zero-order valence-electron chi connectivity index (χ0n) is 15.9. The van der Waals surface area contributed by atoms with Gasteiger partial charge in [-0.05, 0) is 37.4 Å².